The number of aliphatic hydroxyl groups is 1. The van der Waals surface area contributed by atoms with Gasteiger partial charge in [0.05, 0.1) is 6.10 Å². The Morgan fingerprint density at radius 1 is 1.32 bits per heavy atom. The van der Waals surface area contributed by atoms with Crippen LogP contribution in [0.2, 0.25) is 0 Å². The highest BCUT2D eigenvalue weighted by Gasteiger charge is 2.21. The van der Waals surface area contributed by atoms with Gasteiger partial charge in [-0.3, -0.25) is 4.79 Å². The molecule has 134 valence electrons. The van der Waals surface area contributed by atoms with Crippen molar-refractivity contribution in [3.63, 3.8) is 0 Å². The van der Waals surface area contributed by atoms with E-state index in [4.69, 9.17) is 4.74 Å². The first-order valence-corrected chi connectivity index (χ1v) is 7.81. The Balaban J connectivity index is 1.99. The van der Waals surface area contributed by atoms with Crippen molar-refractivity contribution in [3.05, 3.63) is 52.1 Å². The van der Waals surface area contributed by atoms with Crippen LogP contribution in [0.1, 0.15) is 45.9 Å². The number of rotatable bonds is 5. The van der Waals surface area contributed by atoms with Gasteiger partial charge in [0.1, 0.15) is 11.5 Å². The molecule has 3 N–H and O–H groups in total. The molecule has 0 saturated carbocycles. The second kappa shape index (κ2) is 7.48. The zero-order chi connectivity index (χ0) is 18.7. The first-order chi connectivity index (χ1) is 11.7. The SMILES string of the molecule is Cc1ccc(NC(=O)COC(=O)c2[nH]c(C)c([C@@H](C)O)c2C)cc1F. The molecule has 25 heavy (non-hydrogen) atoms. The van der Waals surface area contributed by atoms with Gasteiger partial charge in [-0.05, 0) is 51.0 Å². The number of nitrogens with one attached hydrogen (secondary N) is 2. The van der Waals surface area contributed by atoms with Crippen molar-refractivity contribution < 1.29 is 23.8 Å². The Morgan fingerprint density at radius 3 is 2.56 bits per heavy atom. The van der Waals surface area contributed by atoms with Crippen molar-refractivity contribution in [2.75, 3.05) is 11.9 Å². The molecular formula is C18H21FN2O4. The third-order valence-corrected chi connectivity index (χ3v) is 3.91. The molecule has 1 atom stereocenters. The van der Waals surface area contributed by atoms with E-state index < -0.39 is 30.4 Å². The summed E-state index contributed by atoms with van der Waals surface area (Å²) in [6.07, 6.45) is -0.725. The lowest BCUT2D eigenvalue weighted by Gasteiger charge is -2.08. The maximum absolute atomic E-state index is 13.5. The molecule has 0 aliphatic rings. The Bertz CT molecular complexity index is 812. The van der Waals surface area contributed by atoms with E-state index in [9.17, 15) is 19.1 Å². The van der Waals surface area contributed by atoms with Gasteiger partial charge in [0.15, 0.2) is 6.61 Å². The van der Waals surface area contributed by atoms with Crippen molar-refractivity contribution >= 4 is 17.6 Å². The minimum absolute atomic E-state index is 0.197. The summed E-state index contributed by atoms with van der Waals surface area (Å²) in [4.78, 5) is 26.8. The average molecular weight is 348 g/mol. The third-order valence-electron chi connectivity index (χ3n) is 3.91. The lowest BCUT2D eigenvalue weighted by Crippen LogP contribution is -2.21. The fourth-order valence-electron chi connectivity index (χ4n) is 2.67. The van der Waals surface area contributed by atoms with Gasteiger partial charge in [-0.15, -0.1) is 0 Å². The molecule has 0 spiro atoms. The minimum Gasteiger partial charge on any atom is -0.451 e. The summed E-state index contributed by atoms with van der Waals surface area (Å²) in [5.41, 5.74) is 2.83. The summed E-state index contributed by atoms with van der Waals surface area (Å²) < 4.78 is 18.4. The summed E-state index contributed by atoms with van der Waals surface area (Å²) in [6.45, 7) is 6.15. The van der Waals surface area contributed by atoms with Gasteiger partial charge in [0.25, 0.3) is 5.91 Å². The highest BCUT2D eigenvalue weighted by Crippen LogP contribution is 2.24. The maximum Gasteiger partial charge on any atom is 0.355 e. The van der Waals surface area contributed by atoms with Crippen LogP contribution in [-0.4, -0.2) is 28.6 Å². The molecular weight excluding hydrogens is 327 g/mol. The van der Waals surface area contributed by atoms with Crippen LogP contribution in [0.5, 0.6) is 0 Å². The van der Waals surface area contributed by atoms with E-state index in [1.54, 1.807) is 39.8 Å². The lowest BCUT2D eigenvalue weighted by atomic mass is 10.1. The number of halogens is 1. The van der Waals surface area contributed by atoms with E-state index in [1.807, 2.05) is 0 Å². The highest BCUT2D eigenvalue weighted by atomic mass is 19.1. The van der Waals surface area contributed by atoms with Gasteiger partial charge in [-0.25, -0.2) is 9.18 Å². The molecule has 7 heteroatoms. The smallest absolute Gasteiger partial charge is 0.355 e. The van der Waals surface area contributed by atoms with Crippen LogP contribution in [0, 0.1) is 26.6 Å². The number of amides is 1. The Kier molecular flexibility index (Phi) is 5.58. The molecule has 1 aromatic carbocycles. The number of anilines is 1. The van der Waals surface area contributed by atoms with Gasteiger partial charge < -0.3 is 20.1 Å². The van der Waals surface area contributed by atoms with Crippen molar-refractivity contribution in [3.8, 4) is 0 Å². The molecule has 0 fully saturated rings. The molecule has 0 radical (unpaired) electrons. The van der Waals surface area contributed by atoms with Crippen LogP contribution >= 0.6 is 0 Å². The molecule has 1 heterocycles. The molecule has 0 bridgehead atoms. The third kappa shape index (κ3) is 4.24. The molecule has 2 aromatic rings. The van der Waals surface area contributed by atoms with E-state index in [0.29, 0.717) is 22.4 Å². The number of hydrogen-bond donors (Lipinski definition) is 3. The summed E-state index contributed by atoms with van der Waals surface area (Å²) >= 11 is 0. The van der Waals surface area contributed by atoms with Gasteiger partial charge in [-0.1, -0.05) is 6.07 Å². The minimum atomic E-state index is -0.725. The van der Waals surface area contributed by atoms with Crippen LogP contribution in [0.25, 0.3) is 0 Å². The first kappa shape index (κ1) is 18.7. The quantitative estimate of drug-likeness (QED) is 0.725. The van der Waals surface area contributed by atoms with Crippen LogP contribution in [0.15, 0.2) is 18.2 Å². The fourth-order valence-corrected chi connectivity index (χ4v) is 2.67. The molecule has 0 unspecified atom stereocenters. The molecule has 0 aliphatic carbocycles. The second-order valence-corrected chi connectivity index (χ2v) is 5.93. The van der Waals surface area contributed by atoms with Crippen LogP contribution in [0.4, 0.5) is 10.1 Å². The molecule has 2 rings (SSSR count). The number of carbonyl (C=O) groups excluding carboxylic acids is 2. The fraction of sp³-hybridized carbons (Fsp3) is 0.333. The molecule has 6 nitrogen and oxygen atoms in total. The van der Waals surface area contributed by atoms with Crippen molar-refractivity contribution in [1.29, 1.82) is 0 Å². The lowest BCUT2D eigenvalue weighted by molar-refractivity contribution is -0.119. The monoisotopic (exact) mass is 348 g/mol. The van der Waals surface area contributed by atoms with Gasteiger partial charge in [0, 0.05) is 16.9 Å². The van der Waals surface area contributed by atoms with E-state index in [1.165, 1.54) is 6.07 Å². The number of ether oxygens (including phenoxy) is 1. The Morgan fingerprint density at radius 2 is 2.00 bits per heavy atom. The van der Waals surface area contributed by atoms with Crippen LogP contribution in [-0.2, 0) is 9.53 Å². The maximum atomic E-state index is 13.5. The summed E-state index contributed by atoms with van der Waals surface area (Å²) in [5.74, 6) is -1.70. The van der Waals surface area contributed by atoms with Gasteiger partial charge in [-0.2, -0.15) is 0 Å². The topological polar surface area (TPSA) is 91.4 Å². The first-order valence-electron chi connectivity index (χ1n) is 7.81. The van der Waals surface area contributed by atoms with E-state index in [2.05, 4.69) is 10.3 Å². The summed E-state index contributed by atoms with van der Waals surface area (Å²) in [5, 5.41) is 12.2. The predicted molar refractivity (Wildman–Crippen MR) is 90.9 cm³/mol. The molecule has 1 aromatic heterocycles. The zero-order valence-electron chi connectivity index (χ0n) is 14.6. The van der Waals surface area contributed by atoms with E-state index in [-0.39, 0.29) is 11.4 Å². The second-order valence-electron chi connectivity index (χ2n) is 5.93. The number of aryl methyl sites for hydroxylation is 2. The van der Waals surface area contributed by atoms with Gasteiger partial charge >= 0.3 is 5.97 Å². The van der Waals surface area contributed by atoms with Crippen LogP contribution in [0.3, 0.4) is 0 Å². The summed E-state index contributed by atoms with van der Waals surface area (Å²) in [6, 6.07) is 4.30. The number of aromatic nitrogens is 1. The number of aliphatic hydroxyl groups excluding tert-OH is 1. The summed E-state index contributed by atoms with van der Waals surface area (Å²) in [7, 11) is 0. The standard InChI is InChI=1S/C18H21FN2O4/c1-9-5-6-13(7-14(9)19)21-15(23)8-25-18(24)17-10(2)16(12(4)22)11(3)20-17/h5-7,12,20,22H,8H2,1-4H3,(H,21,23)/t12-/m1/s1. The van der Waals surface area contributed by atoms with Gasteiger partial charge in [0.2, 0.25) is 0 Å². The number of H-pyrrole nitrogens is 1. The van der Waals surface area contributed by atoms with E-state index in [0.717, 1.165) is 0 Å². The number of esters is 1. The van der Waals surface area contributed by atoms with Crippen molar-refractivity contribution in [1.82, 2.24) is 4.98 Å². The number of aromatic amines is 1. The van der Waals surface area contributed by atoms with E-state index >= 15 is 0 Å². The van der Waals surface area contributed by atoms with Crippen molar-refractivity contribution in [2.24, 2.45) is 0 Å². The Hall–Kier alpha value is -2.67. The number of benzene rings is 1. The van der Waals surface area contributed by atoms with Crippen molar-refractivity contribution in [2.45, 2.75) is 33.8 Å². The highest BCUT2D eigenvalue weighted by molar-refractivity contribution is 5.95. The molecule has 1 amide bonds. The zero-order valence-corrected chi connectivity index (χ0v) is 14.6. The molecule has 0 saturated heterocycles. The predicted octanol–water partition coefficient (Wildman–Crippen LogP) is 2.93. The van der Waals surface area contributed by atoms with Crippen LogP contribution < -0.4 is 5.32 Å². The normalized spacial score (nSPS) is 11.9. The number of hydrogen-bond acceptors (Lipinski definition) is 4. The average Bonchev–Trinajstić information content (AvgIpc) is 2.83. The molecule has 0 aliphatic heterocycles. The largest absolute Gasteiger partial charge is 0.451 e. The number of carbonyl (C=O) groups is 2. The Labute approximate surface area is 145 Å².